The van der Waals surface area contributed by atoms with Gasteiger partial charge in [0, 0.05) is 17.3 Å². The van der Waals surface area contributed by atoms with Gasteiger partial charge < -0.3 is 39.4 Å². The van der Waals surface area contributed by atoms with Crippen molar-refractivity contribution in [3.05, 3.63) is 11.6 Å². The maximum atomic E-state index is 13.8. The number of hydrogen-bond donors (Lipinski definition) is 4. The summed E-state index contributed by atoms with van der Waals surface area (Å²) in [5.74, 6) is -0.729. The van der Waals surface area contributed by atoms with Crippen LogP contribution in [0.15, 0.2) is 11.6 Å². The number of ether oxygens (including phenoxy) is 4. The highest BCUT2D eigenvalue weighted by Crippen LogP contribution is 2.75. The summed E-state index contributed by atoms with van der Waals surface area (Å²) < 4.78 is 22.1. The number of carbonyl (C=O) groups is 3. The molecule has 0 aromatic heterocycles. The van der Waals surface area contributed by atoms with Gasteiger partial charge in [0.25, 0.3) is 0 Å². The van der Waals surface area contributed by atoms with Crippen molar-refractivity contribution in [1.82, 2.24) is 0 Å². The van der Waals surface area contributed by atoms with Gasteiger partial charge in [0.2, 0.25) is 0 Å². The molecule has 11 nitrogen and oxygen atoms in total. The molecular formula is C38H58O11. The number of aliphatic hydroxyl groups is 4. The third-order valence-corrected chi connectivity index (χ3v) is 15.7. The topological polar surface area (TPSA) is 169 Å². The van der Waals surface area contributed by atoms with E-state index in [-0.39, 0.29) is 58.8 Å². The number of carbonyl (C=O) groups excluding carboxylic acids is 3. The smallest absolute Gasteiger partial charge is 0.337 e. The van der Waals surface area contributed by atoms with Crippen LogP contribution in [0.3, 0.4) is 0 Å². The molecule has 4 N–H and O–H groups in total. The number of ketones is 1. The van der Waals surface area contributed by atoms with Crippen molar-refractivity contribution in [3.63, 3.8) is 0 Å². The summed E-state index contributed by atoms with van der Waals surface area (Å²) >= 11 is 0. The van der Waals surface area contributed by atoms with E-state index >= 15 is 0 Å². The minimum absolute atomic E-state index is 0.0312. The number of fused-ring (bicyclic) bond motifs is 7. The molecule has 6 aliphatic rings. The Morgan fingerprint density at radius 3 is 2.22 bits per heavy atom. The highest BCUT2D eigenvalue weighted by molar-refractivity contribution is 5.92. The van der Waals surface area contributed by atoms with Crippen LogP contribution in [0.25, 0.3) is 0 Å². The average Bonchev–Trinajstić information content (AvgIpc) is 3.06. The van der Waals surface area contributed by atoms with E-state index in [1.165, 1.54) is 12.7 Å². The average molecular weight is 691 g/mol. The number of esters is 2. The van der Waals surface area contributed by atoms with Gasteiger partial charge in [-0.2, -0.15) is 0 Å². The first-order valence-electron chi connectivity index (χ1n) is 18.2. The summed E-state index contributed by atoms with van der Waals surface area (Å²) in [4.78, 5) is 39.1. The summed E-state index contributed by atoms with van der Waals surface area (Å²) in [6, 6.07) is 0. The molecule has 0 radical (unpaired) electrons. The van der Waals surface area contributed by atoms with Crippen LogP contribution in [0.5, 0.6) is 0 Å². The van der Waals surface area contributed by atoms with Crippen molar-refractivity contribution in [1.29, 1.82) is 0 Å². The molecule has 11 heteroatoms. The molecule has 1 aliphatic heterocycles. The zero-order valence-corrected chi connectivity index (χ0v) is 30.5. The van der Waals surface area contributed by atoms with Crippen LogP contribution in [-0.2, 0) is 33.3 Å². The van der Waals surface area contributed by atoms with E-state index in [2.05, 4.69) is 33.8 Å². The Hall–Kier alpha value is -1.89. The fourth-order valence-corrected chi connectivity index (χ4v) is 12.3. The fourth-order valence-electron chi connectivity index (χ4n) is 12.3. The minimum atomic E-state index is -1.68. The molecule has 0 bridgehead atoms. The van der Waals surface area contributed by atoms with E-state index in [4.69, 9.17) is 18.9 Å². The molecule has 1 saturated heterocycles. The van der Waals surface area contributed by atoms with Gasteiger partial charge in [0.05, 0.1) is 32.3 Å². The summed E-state index contributed by atoms with van der Waals surface area (Å²) in [5.41, 5.74) is -1.19. The summed E-state index contributed by atoms with van der Waals surface area (Å²) in [6.45, 7) is 13.0. The third kappa shape index (κ3) is 4.99. The lowest BCUT2D eigenvalue weighted by Gasteiger charge is -2.71. The normalized spacial score (nSPS) is 52.4. The summed E-state index contributed by atoms with van der Waals surface area (Å²) in [7, 11) is 2.55. The van der Waals surface area contributed by atoms with E-state index in [0.717, 1.165) is 45.6 Å². The van der Waals surface area contributed by atoms with Crippen LogP contribution in [0.4, 0.5) is 0 Å². The lowest BCUT2D eigenvalue weighted by atomic mass is 9.33. The predicted octanol–water partition coefficient (Wildman–Crippen LogP) is 3.48. The zero-order valence-electron chi connectivity index (χ0n) is 30.5. The quantitative estimate of drug-likeness (QED) is 0.189. The van der Waals surface area contributed by atoms with Crippen LogP contribution in [0.2, 0.25) is 0 Å². The van der Waals surface area contributed by atoms with Crippen LogP contribution in [0, 0.1) is 50.2 Å². The highest BCUT2D eigenvalue weighted by atomic mass is 16.7. The predicted molar refractivity (Wildman–Crippen MR) is 176 cm³/mol. The molecule has 0 amide bonds. The van der Waals surface area contributed by atoms with E-state index in [1.54, 1.807) is 0 Å². The molecule has 1 heterocycles. The standard InChI is InChI=1S/C38H58O11/c1-33(32(45)47-8)17-21-20-9-10-23-35(3)13-12-25(48-31-28(43)26(41)27(42)29(49-31)30(44)46-7)36(4,19-39)22(35)11-14-38(23,6)37(20,5)16-15-34(21,2)24(40)18-33/h9,21-23,25-29,31,39,41-43H,10-19H2,1-8H3/t21-,22+,23+,25-,26-,27-,28+,29-,31+,33-,34+,35-,36+,37+,38+/m0/s1. The molecule has 0 aromatic rings. The second-order valence-electron chi connectivity index (χ2n) is 17.9. The SMILES string of the molecule is COC(=O)[C@H]1O[C@@H](O[C@H]2CC[C@@]3(C)[C@@H](CC[C@]4(C)[C@@H]3CC=C3[C@@H]5C[C@](C)(C(=O)OC)CC(=O)[C@]5(C)CC[C@]34C)[C@@]2(C)CO)[C@H](O)[C@@H](O)[C@@H]1O. The molecular weight excluding hydrogens is 632 g/mol. The van der Waals surface area contributed by atoms with E-state index in [1.807, 2.05) is 13.8 Å². The Morgan fingerprint density at radius 2 is 1.59 bits per heavy atom. The Labute approximate surface area is 290 Å². The third-order valence-electron chi connectivity index (χ3n) is 15.7. The van der Waals surface area contributed by atoms with Crippen molar-refractivity contribution in [2.24, 2.45) is 50.2 Å². The molecule has 276 valence electrons. The first-order chi connectivity index (χ1) is 22.8. The lowest BCUT2D eigenvalue weighted by Crippen LogP contribution is -2.67. The van der Waals surface area contributed by atoms with Gasteiger partial charge >= 0.3 is 11.9 Å². The molecule has 4 saturated carbocycles. The Balaban J connectivity index is 1.30. The summed E-state index contributed by atoms with van der Waals surface area (Å²) in [6.07, 6.45) is 0.410. The highest BCUT2D eigenvalue weighted by Gasteiger charge is 2.70. The van der Waals surface area contributed by atoms with E-state index < -0.39 is 59.0 Å². The minimum Gasteiger partial charge on any atom is -0.469 e. The molecule has 0 unspecified atom stereocenters. The van der Waals surface area contributed by atoms with Crippen LogP contribution >= 0.6 is 0 Å². The molecule has 5 aliphatic carbocycles. The Bertz CT molecular complexity index is 1400. The number of allylic oxidation sites excluding steroid dienone is 2. The largest absolute Gasteiger partial charge is 0.469 e. The van der Waals surface area contributed by atoms with Crippen molar-refractivity contribution in [3.8, 4) is 0 Å². The molecule has 5 fully saturated rings. The van der Waals surface area contributed by atoms with Gasteiger partial charge in [-0.1, -0.05) is 46.3 Å². The van der Waals surface area contributed by atoms with E-state index in [9.17, 15) is 34.8 Å². The number of hydrogen-bond acceptors (Lipinski definition) is 11. The first-order valence-corrected chi connectivity index (χ1v) is 18.2. The maximum absolute atomic E-state index is 13.8. The van der Waals surface area contributed by atoms with E-state index in [0.29, 0.717) is 12.8 Å². The molecule has 49 heavy (non-hydrogen) atoms. The van der Waals surface area contributed by atoms with Crippen molar-refractivity contribution < 1.29 is 53.8 Å². The molecule has 6 rings (SSSR count). The maximum Gasteiger partial charge on any atom is 0.337 e. The monoisotopic (exact) mass is 690 g/mol. The van der Waals surface area contributed by atoms with Crippen molar-refractivity contribution >= 4 is 17.7 Å². The van der Waals surface area contributed by atoms with Crippen molar-refractivity contribution in [2.75, 3.05) is 20.8 Å². The van der Waals surface area contributed by atoms with Crippen molar-refractivity contribution in [2.45, 2.75) is 136 Å². The van der Waals surface area contributed by atoms with Gasteiger partial charge in [-0.25, -0.2) is 4.79 Å². The number of aliphatic hydroxyl groups excluding tert-OH is 4. The Kier molecular flexibility index (Phi) is 9.10. The lowest BCUT2D eigenvalue weighted by molar-refractivity contribution is -0.327. The number of Topliss-reactive ketones (excluding diaryl/α,β-unsaturated/α-hetero) is 1. The van der Waals surface area contributed by atoms with Gasteiger partial charge in [-0.05, 0) is 92.3 Å². The number of methoxy groups -OCH3 is 2. The molecule has 0 spiro atoms. The Morgan fingerprint density at radius 1 is 0.898 bits per heavy atom. The number of rotatable bonds is 5. The second-order valence-corrected chi connectivity index (χ2v) is 17.9. The first kappa shape index (κ1) is 36.9. The zero-order chi connectivity index (χ0) is 36.1. The van der Waals surface area contributed by atoms with Crippen LogP contribution in [0.1, 0.15) is 99.3 Å². The van der Waals surface area contributed by atoms with Gasteiger partial charge in [0.15, 0.2) is 12.4 Å². The van der Waals surface area contributed by atoms with Gasteiger partial charge in [-0.15, -0.1) is 0 Å². The van der Waals surface area contributed by atoms with Gasteiger partial charge in [0.1, 0.15) is 24.1 Å². The van der Waals surface area contributed by atoms with Crippen LogP contribution in [-0.4, -0.2) is 95.8 Å². The fraction of sp³-hybridized carbons (Fsp3) is 0.868. The second kappa shape index (κ2) is 12.1. The molecule has 15 atom stereocenters. The summed E-state index contributed by atoms with van der Waals surface area (Å²) in [5, 5.41) is 42.9. The van der Waals surface area contributed by atoms with Gasteiger partial charge in [-0.3, -0.25) is 9.59 Å². The molecule has 0 aromatic carbocycles. The van der Waals surface area contributed by atoms with Crippen LogP contribution < -0.4 is 0 Å².